The quantitative estimate of drug-likeness (QED) is 0.374. The molecule has 2 saturated heterocycles. The molecule has 2 unspecified atom stereocenters. The number of aromatic amines is 2. The predicted molar refractivity (Wildman–Crippen MR) is 110 cm³/mol. The molecule has 0 amide bonds. The van der Waals surface area contributed by atoms with E-state index in [1.165, 1.54) is 0 Å². The Kier molecular flexibility index (Phi) is 7.58. The Morgan fingerprint density at radius 2 is 1.19 bits per heavy atom. The molecular weight excluding hydrogens is 451 g/mol. The fourth-order valence-electron chi connectivity index (χ4n) is 4.78. The van der Waals surface area contributed by atoms with Gasteiger partial charge in [-0.1, -0.05) is 9.97 Å². The Labute approximate surface area is 199 Å². The number of rotatable bonds is 4. The molecule has 2 aliphatic rings. The third-order valence-corrected chi connectivity index (χ3v) is 6.13. The zero-order chi connectivity index (χ0) is 20.5. The molecule has 0 spiro atoms. The molecule has 2 aromatic heterocycles. The number of halogens is 2. The van der Waals surface area contributed by atoms with Gasteiger partial charge in [0.1, 0.15) is 36.0 Å². The minimum absolute atomic E-state index is 0. The number of nitrogens with one attached hydrogen (secondary N) is 2. The minimum atomic E-state index is -0.0279. The van der Waals surface area contributed by atoms with Crippen molar-refractivity contribution in [1.29, 1.82) is 0 Å². The second-order valence-electron chi connectivity index (χ2n) is 7.88. The summed E-state index contributed by atoms with van der Waals surface area (Å²) in [5, 5.41) is 21.9. The van der Waals surface area contributed by atoms with Gasteiger partial charge in [0.15, 0.2) is 0 Å². The Hall–Kier alpha value is -2.84. The molecular formula is C22H26Cl2N6O2. The molecule has 10 heteroatoms. The number of anilines is 2. The van der Waals surface area contributed by atoms with Gasteiger partial charge in [0, 0.05) is 23.3 Å². The molecule has 4 N–H and O–H groups in total. The Balaban J connectivity index is 0.00000144. The highest BCUT2D eigenvalue weighted by Gasteiger charge is 2.38. The fraction of sp³-hybridized carbons (Fsp3) is 0.364. The topological polar surface area (TPSA) is 101 Å². The van der Waals surface area contributed by atoms with Gasteiger partial charge in [-0.3, -0.25) is 9.80 Å². The van der Waals surface area contributed by atoms with Crippen LogP contribution in [0.1, 0.15) is 48.9 Å². The fourth-order valence-corrected chi connectivity index (χ4v) is 4.78. The first-order chi connectivity index (χ1) is 14.7. The van der Waals surface area contributed by atoms with Crippen LogP contribution in [0.5, 0.6) is 11.5 Å². The van der Waals surface area contributed by atoms with Crippen molar-refractivity contribution in [3.05, 3.63) is 60.2 Å². The van der Waals surface area contributed by atoms with Crippen LogP contribution >= 0.6 is 0 Å². The Morgan fingerprint density at radius 1 is 0.750 bits per heavy atom. The Morgan fingerprint density at radius 3 is 1.56 bits per heavy atom. The number of nitrogens with zero attached hydrogens (tertiary/aromatic N) is 4. The van der Waals surface area contributed by atoms with Crippen LogP contribution in [0, 0.1) is 0 Å². The highest BCUT2D eigenvalue weighted by atomic mass is 35.5. The van der Waals surface area contributed by atoms with Crippen LogP contribution in [0.4, 0.5) is 11.9 Å². The summed E-state index contributed by atoms with van der Waals surface area (Å²) in [5.41, 5.74) is 1.48. The third kappa shape index (κ3) is 4.38. The molecule has 0 radical (unpaired) electrons. The van der Waals surface area contributed by atoms with Crippen molar-refractivity contribution >= 4 is 11.9 Å². The van der Waals surface area contributed by atoms with Crippen molar-refractivity contribution in [2.45, 2.75) is 37.8 Å². The lowest BCUT2D eigenvalue weighted by Crippen LogP contribution is -3.00. The van der Waals surface area contributed by atoms with Crippen molar-refractivity contribution in [3.63, 3.8) is 0 Å². The van der Waals surface area contributed by atoms with E-state index in [4.69, 9.17) is 0 Å². The molecule has 170 valence electrons. The van der Waals surface area contributed by atoms with Crippen LogP contribution in [0.2, 0.25) is 0 Å². The maximum atomic E-state index is 10.9. The Bertz CT molecular complexity index is 944. The van der Waals surface area contributed by atoms with Crippen LogP contribution in [-0.4, -0.2) is 33.3 Å². The van der Waals surface area contributed by atoms with E-state index in [0.29, 0.717) is 0 Å². The number of phenols is 2. The van der Waals surface area contributed by atoms with Crippen LogP contribution in [0.3, 0.4) is 0 Å². The van der Waals surface area contributed by atoms with Crippen molar-refractivity contribution in [2.24, 2.45) is 0 Å². The molecule has 2 atom stereocenters. The summed E-state index contributed by atoms with van der Waals surface area (Å²) in [5.74, 6) is 1.98. The van der Waals surface area contributed by atoms with Gasteiger partial charge < -0.3 is 35.0 Å². The zero-order valence-corrected chi connectivity index (χ0v) is 19.0. The van der Waals surface area contributed by atoms with E-state index in [9.17, 15) is 10.2 Å². The summed E-state index contributed by atoms with van der Waals surface area (Å²) in [7, 11) is 0. The molecule has 1 aromatic carbocycles. The van der Waals surface area contributed by atoms with Crippen LogP contribution in [-0.2, 0) is 0 Å². The third-order valence-electron chi connectivity index (χ3n) is 6.13. The summed E-state index contributed by atoms with van der Waals surface area (Å²) in [6.07, 6.45) is 11.0. The van der Waals surface area contributed by atoms with E-state index in [1.54, 1.807) is 24.5 Å². The number of aromatic hydroxyl groups is 2. The molecule has 4 heterocycles. The van der Waals surface area contributed by atoms with Crippen LogP contribution < -0.4 is 44.6 Å². The number of hydrogen-bond donors (Lipinski definition) is 2. The average molecular weight is 477 g/mol. The highest BCUT2D eigenvalue weighted by molar-refractivity contribution is 5.52. The van der Waals surface area contributed by atoms with Gasteiger partial charge in [0.05, 0.1) is 25.5 Å². The van der Waals surface area contributed by atoms with Crippen molar-refractivity contribution in [2.75, 3.05) is 22.9 Å². The molecule has 5 rings (SSSR count). The smallest absolute Gasteiger partial charge is 0.391 e. The van der Waals surface area contributed by atoms with Gasteiger partial charge in [0.2, 0.25) is 0 Å². The van der Waals surface area contributed by atoms with Gasteiger partial charge >= 0.3 is 11.9 Å². The molecule has 0 aliphatic carbocycles. The maximum absolute atomic E-state index is 10.9. The summed E-state index contributed by atoms with van der Waals surface area (Å²) in [4.78, 5) is 19.5. The summed E-state index contributed by atoms with van der Waals surface area (Å²) in [6.45, 7) is 1.71. The number of benzene rings is 1. The molecule has 32 heavy (non-hydrogen) atoms. The largest absolute Gasteiger partial charge is 1.00 e. The van der Waals surface area contributed by atoms with Gasteiger partial charge in [-0.05, 0) is 37.8 Å². The van der Waals surface area contributed by atoms with Crippen LogP contribution in [0.15, 0.2) is 49.1 Å². The lowest BCUT2D eigenvalue weighted by molar-refractivity contribution is -0.369. The standard InChI is InChI=1S/C22H24N6O2.2ClH/c29-19-14-16(18-6-2-12-28(18)22-25-9-4-10-26-22)20(30)13-15(19)17-5-1-11-27(17)21-23-7-3-8-24-21;;/h3-4,7-10,13-14,17-18,29-30H,1-2,5-6,11-12H2;2*1H. The normalized spacial score (nSPS) is 20.0. The van der Waals surface area contributed by atoms with E-state index >= 15 is 0 Å². The lowest BCUT2D eigenvalue weighted by Gasteiger charge is -2.23. The van der Waals surface area contributed by atoms with Gasteiger partial charge in [0.25, 0.3) is 0 Å². The second kappa shape index (κ2) is 10.2. The van der Waals surface area contributed by atoms with Gasteiger partial charge in [-0.15, -0.1) is 0 Å². The molecule has 0 bridgehead atoms. The van der Waals surface area contributed by atoms with Crippen molar-refractivity contribution in [1.82, 2.24) is 9.97 Å². The number of aromatic nitrogens is 4. The predicted octanol–water partition coefficient (Wildman–Crippen LogP) is -3.79. The second-order valence-corrected chi connectivity index (χ2v) is 7.88. The summed E-state index contributed by atoms with van der Waals surface area (Å²) >= 11 is 0. The van der Waals surface area contributed by atoms with E-state index < -0.39 is 0 Å². The monoisotopic (exact) mass is 476 g/mol. The van der Waals surface area contributed by atoms with Crippen molar-refractivity contribution in [3.8, 4) is 11.5 Å². The molecule has 2 aliphatic heterocycles. The summed E-state index contributed by atoms with van der Waals surface area (Å²) < 4.78 is 0. The molecule has 8 nitrogen and oxygen atoms in total. The minimum Gasteiger partial charge on any atom is -1.00 e. The average Bonchev–Trinajstić information content (AvgIpc) is 3.46. The molecule has 0 saturated carbocycles. The first-order valence-corrected chi connectivity index (χ1v) is 10.5. The first-order valence-electron chi connectivity index (χ1n) is 10.5. The van der Waals surface area contributed by atoms with E-state index in [2.05, 4.69) is 29.7 Å². The highest BCUT2D eigenvalue weighted by Crippen LogP contribution is 2.44. The van der Waals surface area contributed by atoms with Crippen molar-refractivity contribution < 1.29 is 45.0 Å². The maximum Gasteiger partial charge on any atom is 0.391 e. The lowest BCUT2D eigenvalue weighted by atomic mass is 9.96. The first kappa shape index (κ1) is 23.8. The number of hydrogen-bond acceptors (Lipinski definition) is 6. The number of H-pyrrole nitrogens is 2. The van der Waals surface area contributed by atoms with E-state index in [1.807, 2.05) is 24.5 Å². The SMILES string of the molecule is Oc1cc(C2CCCN2c2nccc[nH+]2)c(O)cc1C1CCCN1c1nccc[nH+]1.[Cl-].[Cl-]. The van der Waals surface area contributed by atoms with Gasteiger partial charge in [-0.2, -0.15) is 0 Å². The number of phenolic OH excluding ortho intramolecular Hbond substituents is 2. The van der Waals surface area contributed by atoms with E-state index in [0.717, 1.165) is 61.8 Å². The molecule has 3 aromatic rings. The van der Waals surface area contributed by atoms with E-state index in [-0.39, 0.29) is 48.4 Å². The van der Waals surface area contributed by atoms with Gasteiger partial charge in [-0.25, -0.2) is 9.97 Å². The summed E-state index contributed by atoms with van der Waals surface area (Å²) in [6, 6.07) is 7.10. The molecule has 2 fully saturated rings. The van der Waals surface area contributed by atoms with Crippen LogP contribution in [0.25, 0.3) is 0 Å². The zero-order valence-electron chi connectivity index (χ0n) is 17.5.